The van der Waals surface area contributed by atoms with Crippen LogP contribution in [0.5, 0.6) is 5.75 Å². The number of hydrogen-bond donors (Lipinski definition) is 1. The Hall–Kier alpha value is -2.24. The summed E-state index contributed by atoms with van der Waals surface area (Å²) in [5.74, 6) is 1.84. The van der Waals surface area contributed by atoms with Crippen LogP contribution in [0.2, 0.25) is 0 Å². The van der Waals surface area contributed by atoms with Crippen LogP contribution in [-0.2, 0) is 9.53 Å². The minimum absolute atomic E-state index is 0.0222. The maximum atomic E-state index is 12.9. The van der Waals surface area contributed by atoms with Crippen molar-refractivity contribution in [3.8, 4) is 5.75 Å². The molecule has 1 aromatic carbocycles. The highest BCUT2D eigenvalue weighted by Gasteiger charge is 2.50. The fraction of sp³-hybridized carbons (Fsp3) is 0.652. The molecule has 1 heterocycles. The van der Waals surface area contributed by atoms with E-state index in [2.05, 4.69) is 22.2 Å². The molecule has 1 N–H and O–H groups in total. The number of benzene rings is 1. The van der Waals surface area contributed by atoms with E-state index in [0.717, 1.165) is 31.7 Å². The average Bonchev–Trinajstić information content (AvgIpc) is 2.69. The molecule has 1 spiro atoms. The summed E-state index contributed by atoms with van der Waals surface area (Å²) in [6, 6.07) is 8.34. The number of alkyl carbamates (subject to hydrolysis) is 1. The third kappa shape index (κ3) is 3.81. The van der Waals surface area contributed by atoms with Crippen molar-refractivity contribution in [2.24, 2.45) is 11.3 Å². The molecule has 2 saturated carbocycles. The molecular weight excluding hydrogens is 368 g/mol. The molecule has 6 nitrogen and oxygen atoms in total. The van der Waals surface area contributed by atoms with Gasteiger partial charge in [0.05, 0.1) is 14.2 Å². The van der Waals surface area contributed by atoms with E-state index in [0.29, 0.717) is 24.2 Å². The number of carbonyl (C=O) groups is 2. The lowest BCUT2D eigenvalue weighted by molar-refractivity contribution is -0.144. The van der Waals surface area contributed by atoms with Crippen molar-refractivity contribution in [3.63, 3.8) is 0 Å². The predicted molar refractivity (Wildman–Crippen MR) is 110 cm³/mol. The molecule has 0 aromatic heterocycles. The minimum atomic E-state index is -0.423. The number of nitrogens with zero attached hydrogens (tertiary/aromatic N) is 1. The highest BCUT2D eigenvalue weighted by atomic mass is 16.5. The zero-order valence-electron chi connectivity index (χ0n) is 17.7. The van der Waals surface area contributed by atoms with Crippen molar-refractivity contribution >= 4 is 12.0 Å². The largest absolute Gasteiger partial charge is 0.496 e. The van der Waals surface area contributed by atoms with Crippen LogP contribution in [0.3, 0.4) is 0 Å². The number of methoxy groups -OCH3 is 2. The van der Waals surface area contributed by atoms with Gasteiger partial charge in [-0.3, -0.25) is 4.79 Å². The van der Waals surface area contributed by atoms with Crippen molar-refractivity contribution in [2.45, 2.75) is 56.9 Å². The lowest BCUT2D eigenvalue weighted by Crippen LogP contribution is -2.59. The van der Waals surface area contributed by atoms with Gasteiger partial charge in [-0.05, 0) is 68.4 Å². The third-order valence-electron chi connectivity index (χ3n) is 7.41. The smallest absolute Gasteiger partial charge is 0.407 e. The normalized spacial score (nSPS) is 28.2. The fourth-order valence-corrected chi connectivity index (χ4v) is 5.68. The van der Waals surface area contributed by atoms with E-state index in [1.807, 2.05) is 24.0 Å². The summed E-state index contributed by atoms with van der Waals surface area (Å²) in [7, 11) is 3.10. The number of likely N-dealkylation sites (tertiary alicyclic amines) is 1. The van der Waals surface area contributed by atoms with Gasteiger partial charge in [-0.2, -0.15) is 0 Å². The highest BCUT2D eigenvalue weighted by Crippen LogP contribution is 2.58. The first-order valence-corrected chi connectivity index (χ1v) is 10.6. The van der Waals surface area contributed by atoms with E-state index in [-0.39, 0.29) is 17.4 Å². The zero-order valence-corrected chi connectivity index (χ0v) is 17.7. The molecule has 0 bridgehead atoms. The van der Waals surface area contributed by atoms with Crippen LogP contribution in [-0.4, -0.2) is 49.7 Å². The van der Waals surface area contributed by atoms with Crippen LogP contribution < -0.4 is 10.1 Å². The molecule has 2 aliphatic carbocycles. The molecule has 0 unspecified atom stereocenters. The molecule has 1 aliphatic heterocycles. The lowest BCUT2D eigenvalue weighted by Gasteiger charge is -2.53. The van der Waals surface area contributed by atoms with Gasteiger partial charge in [-0.15, -0.1) is 0 Å². The number of nitrogens with one attached hydrogen (secondary N) is 1. The number of carbonyl (C=O) groups excluding carboxylic acids is 2. The molecule has 1 aromatic rings. The van der Waals surface area contributed by atoms with Gasteiger partial charge in [0.1, 0.15) is 5.75 Å². The second-order valence-corrected chi connectivity index (χ2v) is 9.45. The molecule has 0 atom stereocenters. The number of ether oxygens (including phenoxy) is 2. The van der Waals surface area contributed by atoms with Gasteiger partial charge in [0.2, 0.25) is 5.91 Å². The molecule has 3 fully saturated rings. The molecule has 1 saturated heterocycles. The van der Waals surface area contributed by atoms with Gasteiger partial charge in [0, 0.05) is 24.5 Å². The number of piperidine rings is 1. The Balaban J connectivity index is 1.26. The van der Waals surface area contributed by atoms with E-state index >= 15 is 0 Å². The molecule has 158 valence electrons. The summed E-state index contributed by atoms with van der Waals surface area (Å²) in [5.41, 5.74) is 1.40. The van der Waals surface area contributed by atoms with Gasteiger partial charge in [-0.1, -0.05) is 18.2 Å². The Bertz CT molecular complexity index is 771. The molecule has 2 amide bonds. The fourth-order valence-electron chi connectivity index (χ4n) is 5.68. The Morgan fingerprint density at radius 1 is 1.07 bits per heavy atom. The quantitative estimate of drug-likeness (QED) is 0.837. The molecule has 29 heavy (non-hydrogen) atoms. The second-order valence-electron chi connectivity index (χ2n) is 9.45. The lowest BCUT2D eigenvalue weighted by atomic mass is 9.56. The standard InChI is InChI=1S/C23H32N2O4/c1-22(24-21(27)29-3)12-17(13-22)20(26)25-10-8-23(9-11-25)14-16(15-23)18-6-4-5-7-19(18)28-2/h4-7,16-17H,8-15H2,1-3H3,(H,24,27)/t17-,22+. The van der Waals surface area contributed by atoms with Gasteiger partial charge in [0.15, 0.2) is 0 Å². The Kier molecular flexibility index (Phi) is 5.21. The van der Waals surface area contributed by atoms with Gasteiger partial charge in [0.25, 0.3) is 0 Å². The van der Waals surface area contributed by atoms with E-state index in [9.17, 15) is 9.59 Å². The maximum absolute atomic E-state index is 12.9. The van der Waals surface area contributed by atoms with Gasteiger partial charge in [-0.25, -0.2) is 4.79 Å². The minimum Gasteiger partial charge on any atom is -0.496 e. The van der Waals surface area contributed by atoms with E-state index in [1.54, 1.807) is 7.11 Å². The van der Waals surface area contributed by atoms with Crippen LogP contribution in [0.15, 0.2) is 24.3 Å². The highest BCUT2D eigenvalue weighted by molar-refractivity contribution is 5.81. The summed E-state index contributed by atoms with van der Waals surface area (Å²) in [6.45, 7) is 3.69. The van der Waals surface area contributed by atoms with Crippen LogP contribution in [0.4, 0.5) is 4.79 Å². The van der Waals surface area contributed by atoms with Crippen molar-refractivity contribution in [3.05, 3.63) is 29.8 Å². The first-order chi connectivity index (χ1) is 13.9. The average molecular weight is 401 g/mol. The van der Waals surface area contributed by atoms with Crippen LogP contribution >= 0.6 is 0 Å². The Morgan fingerprint density at radius 3 is 2.34 bits per heavy atom. The summed E-state index contributed by atoms with van der Waals surface area (Å²) < 4.78 is 10.2. The van der Waals surface area contributed by atoms with E-state index in [4.69, 9.17) is 4.74 Å². The van der Waals surface area contributed by atoms with Crippen molar-refractivity contribution in [2.75, 3.05) is 27.3 Å². The summed E-state index contributed by atoms with van der Waals surface area (Å²) >= 11 is 0. The van der Waals surface area contributed by atoms with Crippen molar-refractivity contribution in [1.82, 2.24) is 10.2 Å². The monoisotopic (exact) mass is 400 g/mol. The molecule has 4 rings (SSSR count). The zero-order chi connectivity index (χ0) is 20.6. The van der Waals surface area contributed by atoms with Gasteiger partial charge >= 0.3 is 6.09 Å². The molecule has 6 heteroatoms. The predicted octanol–water partition coefficient (Wildman–Crippen LogP) is 3.71. The maximum Gasteiger partial charge on any atom is 0.407 e. The van der Waals surface area contributed by atoms with Crippen LogP contribution in [0.1, 0.15) is 56.9 Å². The van der Waals surface area contributed by atoms with E-state index in [1.165, 1.54) is 25.5 Å². The van der Waals surface area contributed by atoms with Crippen molar-refractivity contribution in [1.29, 1.82) is 0 Å². The van der Waals surface area contributed by atoms with Gasteiger partial charge < -0.3 is 19.7 Å². The first kappa shape index (κ1) is 20.0. The SMILES string of the molecule is COC(=O)N[C@]1(C)C[C@H](C(=O)N2CCC3(CC2)CC(c2ccccc2OC)C3)C1. The number of rotatable bonds is 4. The van der Waals surface area contributed by atoms with Crippen LogP contribution in [0, 0.1) is 11.3 Å². The van der Waals surface area contributed by atoms with Crippen LogP contribution in [0.25, 0.3) is 0 Å². The van der Waals surface area contributed by atoms with Crippen molar-refractivity contribution < 1.29 is 19.1 Å². The van der Waals surface area contributed by atoms with E-state index < -0.39 is 6.09 Å². The number of hydrogen-bond acceptors (Lipinski definition) is 4. The topological polar surface area (TPSA) is 67.9 Å². The summed E-state index contributed by atoms with van der Waals surface area (Å²) in [6.07, 6.45) is 5.54. The third-order valence-corrected chi connectivity index (χ3v) is 7.41. The molecule has 3 aliphatic rings. The number of para-hydroxylation sites is 1. The molecule has 0 radical (unpaired) electrons. The number of amides is 2. The summed E-state index contributed by atoms with van der Waals surface area (Å²) in [5, 5.41) is 2.85. The Morgan fingerprint density at radius 2 is 1.72 bits per heavy atom. The Labute approximate surface area is 172 Å². The summed E-state index contributed by atoms with van der Waals surface area (Å²) in [4.78, 5) is 26.4. The first-order valence-electron chi connectivity index (χ1n) is 10.6. The molecular formula is C23H32N2O4. The second kappa shape index (κ2) is 7.54.